The number of ether oxygens (including phenoxy) is 3. The molecule has 2 rings (SSSR count). The molecule has 0 N–H and O–H groups in total. The van der Waals surface area contributed by atoms with Gasteiger partial charge < -0.3 is 18.8 Å². The van der Waals surface area contributed by atoms with Gasteiger partial charge in [0.05, 0.1) is 24.7 Å². The molecule has 162 valence electrons. The quantitative estimate of drug-likeness (QED) is 0.249. The van der Waals surface area contributed by atoms with Gasteiger partial charge in [-0.3, -0.25) is 14.9 Å². The maximum Gasteiger partial charge on any atom is 0.345 e. The summed E-state index contributed by atoms with van der Waals surface area (Å²) in [7, 11) is 1.36. The fourth-order valence-corrected chi connectivity index (χ4v) is 3.23. The molecule has 0 amide bonds. The second-order valence-corrected chi connectivity index (χ2v) is 6.65. The molecule has 9 heteroatoms. The fraction of sp³-hybridized carbons (Fsp3) is 0.429. The predicted octanol–water partition coefficient (Wildman–Crippen LogP) is 3.87. The standard InChI is InChI=1S/C21H26N2O7/c1-6-8-22-13(3)9-15(14(22)4)18(24)12-30-21(25)16-10-19(28-5)20(29-7-2)11-17(16)23(26)27/h9-11H,6-8,12H2,1-5H3. The number of carbonyl (C=O) groups is 2. The Morgan fingerprint density at radius 3 is 2.37 bits per heavy atom. The van der Waals surface area contributed by atoms with Crippen molar-refractivity contribution in [2.24, 2.45) is 0 Å². The topological polar surface area (TPSA) is 110 Å². The second kappa shape index (κ2) is 9.91. The number of nitro groups is 1. The average molecular weight is 418 g/mol. The summed E-state index contributed by atoms with van der Waals surface area (Å²) in [6, 6.07) is 4.05. The lowest BCUT2D eigenvalue weighted by molar-refractivity contribution is -0.385. The van der Waals surface area contributed by atoms with E-state index in [1.165, 1.54) is 13.2 Å². The zero-order valence-corrected chi connectivity index (χ0v) is 17.8. The SMILES string of the molecule is CCCn1c(C)cc(C(=O)COC(=O)c2cc(OC)c(OCC)cc2[N+](=O)[O-])c1C. The number of aryl methyl sites for hydroxylation is 1. The Bertz CT molecular complexity index is 963. The molecule has 0 saturated heterocycles. The van der Waals surface area contributed by atoms with Gasteiger partial charge in [-0.05, 0) is 33.3 Å². The number of methoxy groups -OCH3 is 1. The first-order chi connectivity index (χ1) is 14.2. The number of rotatable bonds is 10. The number of ketones is 1. The number of hydrogen-bond acceptors (Lipinski definition) is 7. The summed E-state index contributed by atoms with van der Waals surface area (Å²) in [6.45, 7) is 8.02. The molecule has 30 heavy (non-hydrogen) atoms. The Kier molecular flexibility index (Phi) is 7.57. The summed E-state index contributed by atoms with van der Waals surface area (Å²) in [5, 5.41) is 11.4. The van der Waals surface area contributed by atoms with Gasteiger partial charge in [0.25, 0.3) is 5.69 Å². The van der Waals surface area contributed by atoms with E-state index in [2.05, 4.69) is 0 Å². The molecular formula is C21H26N2O7. The van der Waals surface area contributed by atoms with Gasteiger partial charge in [-0.25, -0.2) is 4.79 Å². The second-order valence-electron chi connectivity index (χ2n) is 6.65. The maximum atomic E-state index is 12.6. The largest absolute Gasteiger partial charge is 0.493 e. The van der Waals surface area contributed by atoms with E-state index in [4.69, 9.17) is 14.2 Å². The van der Waals surface area contributed by atoms with Gasteiger partial charge >= 0.3 is 5.97 Å². The van der Waals surface area contributed by atoms with Crippen molar-refractivity contribution >= 4 is 17.4 Å². The lowest BCUT2D eigenvalue weighted by Gasteiger charge is -2.11. The van der Waals surface area contributed by atoms with Crippen LogP contribution >= 0.6 is 0 Å². The van der Waals surface area contributed by atoms with Gasteiger partial charge in [-0.15, -0.1) is 0 Å². The minimum Gasteiger partial charge on any atom is -0.493 e. The van der Waals surface area contributed by atoms with E-state index >= 15 is 0 Å². The minimum absolute atomic E-state index is 0.141. The molecule has 0 spiro atoms. The minimum atomic E-state index is -0.987. The fourth-order valence-electron chi connectivity index (χ4n) is 3.23. The van der Waals surface area contributed by atoms with Crippen LogP contribution in [0, 0.1) is 24.0 Å². The Hall–Kier alpha value is -3.36. The highest BCUT2D eigenvalue weighted by molar-refractivity contribution is 6.01. The summed E-state index contributed by atoms with van der Waals surface area (Å²) in [5.41, 5.74) is 1.40. The van der Waals surface area contributed by atoms with Crippen LogP contribution in [-0.2, 0) is 11.3 Å². The number of hydrogen-bond donors (Lipinski definition) is 0. The molecule has 0 aliphatic heterocycles. The number of benzene rings is 1. The first-order valence-electron chi connectivity index (χ1n) is 9.61. The molecular weight excluding hydrogens is 392 g/mol. The summed E-state index contributed by atoms with van der Waals surface area (Å²) in [4.78, 5) is 35.8. The monoisotopic (exact) mass is 418 g/mol. The number of esters is 1. The molecule has 0 saturated carbocycles. The number of nitrogens with zero attached hydrogens (tertiary/aromatic N) is 2. The van der Waals surface area contributed by atoms with E-state index in [0.29, 0.717) is 5.56 Å². The van der Waals surface area contributed by atoms with Gasteiger partial charge in [0, 0.05) is 29.6 Å². The van der Waals surface area contributed by atoms with Crippen LogP contribution in [0.1, 0.15) is 52.4 Å². The molecule has 0 fully saturated rings. The van der Waals surface area contributed by atoms with Crippen molar-refractivity contribution in [1.82, 2.24) is 4.57 Å². The summed E-state index contributed by atoms with van der Waals surface area (Å²) >= 11 is 0. The molecule has 0 aliphatic rings. The Balaban J connectivity index is 2.25. The smallest absolute Gasteiger partial charge is 0.345 e. The lowest BCUT2D eigenvalue weighted by Crippen LogP contribution is -2.16. The van der Waals surface area contributed by atoms with Crippen LogP contribution in [0.3, 0.4) is 0 Å². The number of carbonyl (C=O) groups excluding carboxylic acids is 2. The molecule has 9 nitrogen and oxygen atoms in total. The highest BCUT2D eigenvalue weighted by Gasteiger charge is 2.27. The van der Waals surface area contributed by atoms with Gasteiger partial charge in [-0.1, -0.05) is 6.92 Å². The highest BCUT2D eigenvalue weighted by atomic mass is 16.6. The molecule has 2 aromatic rings. The van der Waals surface area contributed by atoms with Crippen LogP contribution in [-0.4, -0.2) is 41.6 Å². The van der Waals surface area contributed by atoms with Crippen LogP contribution in [0.5, 0.6) is 11.5 Å². The van der Waals surface area contributed by atoms with Crippen molar-refractivity contribution in [3.63, 3.8) is 0 Å². The van der Waals surface area contributed by atoms with Crippen LogP contribution in [0.4, 0.5) is 5.69 Å². The molecule has 1 heterocycles. The molecule has 0 bridgehead atoms. The Morgan fingerprint density at radius 1 is 1.10 bits per heavy atom. The third-order valence-electron chi connectivity index (χ3n) is 4.65. The van der Waals surface area contributed by atoms with Gasteiger partial charge in [-0.2, -0.15) is 0 Å². The molecule has 0 radical (unpaired) electrons. The normalized spacial score (nSPS) is 10.6. The maximum absolute atomic E-state index is 12.6. The van der Waals surface area contributed by atoms with Crippen LogP contribution in [0.25, 0.3) is 0 Å². The van der Waals surface area contributed by atoms with E-state index in [9.17, 15) is 19.7 Å². The number of aromatic nitrogens is 1. The molecule has 0 aliphatic carbocycles. The summed E-state index contributed by atoms with van der Waals surface area (Å²) in [5.74, 6) is -1.07. The van der Waals surface area contributed by atoms with E-state index in [1.54, 1.807) is 13.0 Å². The van der Waals surface area contributed by atoms with Crippen molar-refractivity contribution in [2.45, 2.75) is 40.7 Å². The van der Waals surface area contributed by atoms with E-state index < -0.39 is 23.2 Å². The van der Waals surface area contributed by atoms with Crippen molar-refractivity contribution in [3.8, 4) is 11.5 Å². The number of Topliss-reactive ketones (excluding diaryl/α,β-unsaturated/α-hetero) is 1. The summed E-state index contributed by atoms with van der Waals surface area (Å²) < 4.78 is 17.6. The third kappa shape index (κ3) is 4.79. The Labute approximate surface area is 174 Å². The van der Waals surface area contributed by atoms with E-state index in [-0.39, 0.29) is 29.5 Å². The lowest BCUT2D eigenvalue weighted by atomic mass is 10.1. The zero-order chi connectivity index (χ0) is 22.4. The van der Waals surface area contributed by atoms with E-state index in [0.717, 1.165) is 30.4 Å². The first-order valence-corrected chi connectivity index (χ1v) is 9.61. The molecule has 0 atom stereocenters. The van der Waals surface area contributed by atoms with E-state index in [1.807, 2.05) is 25.3 Å². The average Bonchev–Trinajstić information content (AvgIpc) is 3.00. The van der Waals surface area contributed by atoms with Crippen molar-refractivity contribution in [3.05, 3.63) is 50.8 Å². The molecule has 1 aromatic carbocycles. The van der Waals surface area contributed by atoms with Crippen molar-refractivity contribution in [1.29, 1.82) is 0 Å². The zero-order valence-electron chi connectivity index (χ0n) is 17.8. The first kappa shape index (κ1) is 22.9. The van der Waals surface area contributed by atoms with Crippen LogP contribution < -0.4 is 9.47 Å². The van der Waals surface area contributed by atoms with Crippen molar-refractivity contribution in [2.75, 3.05) is 20.3 Å². The predicted molar refractivity (Wildman–Crippen MR) is 110 cm³/mol. The number of nitro benzene ring substituents is 1. The Morgan fingerprint density at radius 2 is 1.80 bits per heavy atom. The van der Waals surface area contributed by atoms with Crippen molar-refractivity contribution < 1.29 is 28.7 Å². The molecule has 1 aromatic heterocycles. The summed E-state index contributed by atoms with van der Waals surface area (Å²) in [6.07, 6.45) is 0.919. The van der Waals surface area contributed by atoms with Gasteiger partial charge in [0.2, 0.25) is 5.78 Å². The van der Waals surface area contributed by atoms with Gasteiger partial charge in [0.15, 0.2) is 18.1 Å². The van der Waals surface area contributed by atoms with Gasteiger partial charge in [0.1, 0.15) is 5.56 Å². The molecule has 0 unspecified atom stereocenters. The highest BCUT2D eigenvalue weighted by Crippen LogP contribution is 2.35. The third-order valence-corrected chi connectivity index (χ3v) is 4.65. The van der Waals surface area contributed by atoms with Crippen LogP contribution in [0.2, 0.25) is 0 Å². The van der Waals surface area contributed by atoms with Crippen LogP contribution in [0.15, 0.2) is 18.2 Å².